The molecule has 6 rings (SSSR count). The van der Waals surface area contributed by atoms with Gasteiger partial charge in [-0.2, -0.15) is 0 Å². The predicted molar refractivity (Wildman–Crippen MR) is 217 cm³/mol. The van der Waals surface area contributed by atoms with Crippen molar-refractivity contribution >= 4 is 50.5 Å². The molecule has 1 saturated heterocycles. The van der Waals surface area contributed by atoms with E-state index in [2.05, 4.69) is 49.4 Å². The van der Waals surface area contributed by atoms with Crippen LogP contribution >= 0.6 is 0 Å². The lowest BCUT2D eigenvalue weighted by molar-refractivity contribution is 0.264. The Hall–Kier alpha value is -5.89. The zero-order valence-corrected chi connectivity index (χ0v) is 31.6. The second kappa shape index (κ2) is 17.1. The molecule has 0 radical (unpaired) electrons. The molecule has 1 fully saturated rings. The number of likely N-dealkylation sites (tertiary alicyclic amines) is 1. The van der Waals surface area contributed by atoms with E-state index in [0.717, 1.165) is 59.4 Å². The van der Waals surface area contributed by atoms with Crippen molar-refractivity contribution in [2.75, 3.05) is 43.6 Å². The fourth-order valence-electron chi connectivity index (χ4n) is 5.99. The molecule has 1 aliphatic rings. The fraction of sp³-hybridized carbons (Fsp3) is 0.359. The van der Waals surface area contributed by atoms with Gasteiger partial charge in [0, 0.05) is 74.8 Å². The number of aromatic nitrogens is 6. The van der Waals surface area contributed by atoms with Crippen LogP contribution in [0.15, 0.2) is 82.5 Å². The molecular formula is C39H50N12O2. The molecule has 0 unspecified atom stereocenters. The molecule has 0 atom stereocenters. The normalized spacial score (nSPS) is 14.3. The predicted octanol–water partition coefficient (Wildman–Crippen LogP) is 4.88. The molecule has 278 valence electrons. The zero-order valence-electron chi connectivity index (χ0n) is 31.6. The van der Waals surface area contributed by atoms with Crippen molar-refractivity contribution in [2.24, 2.45) is 12.0 Å². The molecule has 6 heterocycles. The number of anilines is 3. The Kier molecular flexibility index (Phi) is 12.4. The van der Waals surface area contributed by atoms with E-state index in [-0.39, 0.29) is 23.1 Å². The molecule has 53 heavy (non-hydrogen) atoms. The first-order valence-electron chi connectivity index (χ1n) is 17.8. The Bertz CT molecular complexity index is 2260. The SMILES string of the molecule is C=C/C(=C\NC(C)=NC)c1cc2ccn(CC)c(=O)c2c(NC(C)C)n1.CN1CCC(Nc2nc(-c3cnc(N)nc3)cc3ccn(C)c(=O)c23)CC1. The molecule has 0 aliphatic carbocycles. The molecule has 0 bridgehead atoms. The molecular weight excluding hydrogens is 669 g/mol. The smallest absolute Gasteiger partial charge is 0.262 e. The average molecular weight is 719 g/mol. The van der Waals surface area contributed by atoms with Crippen LogP contribution in [0.1, 0.15) is 46.2 Å². The number of nitrogens with one attached hydrogen (secondary N) is 3. The lowest BCUT2D eigenvalue weighted by atomic mass is 10.0. The van der Waals surface area contributed by atoms with Gasteiger partial charge in [0.25, 0.3) is 11.1 Å². The molecule has 0 saturated carbocycles. The quantitative estimate of drug-likeness (QED) is 0.0930. The summed E-state index contributed by atoms with van der Waals surface area (Å²) in [6.45, 7) is 14.4. The van der Waals surface area contributed by atoms with E-state index in [9.17, 15) is 9.59 Å². The number of nitrogens with two attached hydrogens (primary N) is 1. The summed E-state index contributed by atoms with van der Waals surface area (Å²) in [5.74, 6) is 2.22. The number of aliphatic imine (C=N–C) groups is 1. The number of allylic oxidation sites excluding steroid dienone is 2. The van der Waals surface area contributed by atoms with Gasteiger partial charge in [0.2, 0.25) is 5.95 Å². The highest BCUT2D eigenvalue weighted by Crippen LogP contribution is 2.27. The second-order valence-corrected chi connectivity index (χ2v) is 13.4. The maximum Gasteiger partial charge on any atom is 0.262 e. The van der Waals surface area contributed by atoms with E-state index < -0.39 is 0 Å². The van der Waals surface area contributed by atoms with E-state index >= 15 is 0 Å². The molecule has 0 spiro atoms. The Balaban J connectivity index is 0.000000205. The molecule has 14 nitrogen and oxygen atoms in total. The highest BCUT2D eigenvalue weighted by atomic mass is 16.1. The van der Waals surface area contributed by atoms with Crippen LogP contribution < -0.4 is 32.8 Å². The lowest BCUT2D eigenvalue weighted by Crippen LogP contribution is -2.37. The summed E-state index contributed by atoms with van der Waals surface area (Å²) >= 11 is 0. The Morgan fingerprint density at radius 1 is 1.02 bits per heavy atom. The average Bonchev–Trinajstić information content (AvgIpc) is 3.14. The Morgan fingerprint density at radius 3 is 2.32 bits per heavy atom. The van der Waals surface area contributed by atoms with Gasteiger partial charge in [-0.15, -0.1) is 0 Å². The van der Waals surface area contributed by atoms with Gasteiger partial charge < -0.3 is 35.7 Å². The summed E-state index contributed by atoms with van der Waals surface area (Å²) in [4.78, 5) is 49.5. The number of nitrogens with zero attached hydrogens (tertiary/aromatic N) is 8. The van der Waals surface area contributed by atoms with Crippen molar-refractivity contribution in [3.63, 3.8) is 0 Å². The molecule has 5 aromatic rings. The van der Waals surface area contributed by atoms with Gasteiger partial charge in [-0.1, -0.05) is 12.7 Å². The molecule has 1 aliphatic heterocycles. The lowest BCUT2D eigenvalue weighted by Gasteiger charge is -2.30. The van der Waals surface area contributed by atoms with E-state index in [0.29, 0.717) is 40.7 Å². The summed E-state index contributed by atoms with van der Waals surface area (Å²) in [6.07, 6.45) is 12.5. The molecule has 5 N–H and O–H groups in total. The van der Waals surface area contributed by atoms with E-state index in [1.54, 1.807) is 47.9 Å². The number of nitrogen functional groups attached to an aromatic ring is 1. The van der Waals surface area contributed by atoms with Gasteiger partial charge >= 0.3 is 0 Å². The van der Waals surface area contributed by atoms with Crippen LogP contribution in [0.4, 0.5) is 17.6 Å². The van der Waals surface area contributed by atoms with Crippen LogP contribution in [0.5, 0.6) is 0 Å². The topological polar surface area (TPSA) is 173 Å². The number of rotatable bonds is 9. The summed E-state index contributed by atoms with van der Waals surface area (Å²) in [7, 11) is 5.60. The molecule has 0 aromatic carbocycles. The van der Waals surface area contributed by atoms with Crippen LogP contribution in [0.25, 0.3) is 38.4 Å². The minimum atomic E-state index is -0.0597. The first-order chi connectivity index (χ1) is 25.4. The summed E-state index contributed by atoms with van der Waals surface area (Å²) < 4.78 is 3.26. The highest BCUT2D eigenvalue weighted by Gasteiger charge is 2.20. The third kappa shape index (κ3) is 9.13. The van der Waals surface area contributed by atoms with Crippen LogP contribution in [0.3, 0.4) is 0 Å². The third-order valence-corrected chi connectivity index (χ3v) is 9.10. The van der Waals surface area contributed by atoms with E-state index in [1.165, 1.54) is 0 Å². The van der Waals surface area contributed by atoms with E-state index in [4.69, 9.17) is 15.7 Å². The number of hydrogen-bond donors (Lipinski definition) is 4. The fourth-order valence-corrected chi connectivity index (χ4v) is 5.99. The zero-order chi connectivity index (χ0) is 38.2. The van der Waals surface area contributed by atoms with Crippen LogP contribution in [-0.2, 0) is 13.6 Å². The highest BCUT2D eigenvalue weighted by molar-refractivity contribution is 5.95. The molecule has 0 amide bonds. The number of pyridine rings is 4. The maximum atomic E-state index is 12.8. The number of aryl methyl sites for hydroxylation is 2. The van der Waals surface area contributed by atoms with Gasteiger partial charge in [0.05, 0.1) is 28.0 Å². The number of piperidine rings is 1. The van der Waals surface area contributed by atoms with Crippen LogP contribution in [0, 0.1) is 0 Å². The molecule has 14 heteroatoms. The minimum absolute atomic E-state index is 0.0385. The minimum Gasteiger partial charge on any atom is -0.368 e. The number of amidine groups is 1. The van der Waals surface area contributed by atoms with E-state index in [1.807, 2.05) is 64.4 Å². The van der Waals surface area contributed by atoms with Crippen LogP contribution in [0.2, 0.25) is 0 Å². The van der Waals surface area contributed by atoms with Crippen molar-refractivity contribution in [2.45, 2.75) is 59.2 Å². The van der Waals surface area contributed by atoms with Crippen molar-refractivity contribution in [3.8, 4) is 11.3 Å². The summed E-state index contributed by atoms with van der Waals surface area (Å²) in [5.41, 5.74) is 8.53. The first-order valence-corrected chi connectivity index (χ1v) is 17.8. The van der Waals surface area contributed by atoms with Gasteiger partial charge in [-0.3, -0.25) is 14.6 Å². The van der Waals surface area contributed by atoms with Crippen LogP contribution in [-0.4, -0.2) is 79.1 Å². The Morgan fingerprint density at radius 2 is 1.68 bits per heavy atom. The van der Waals surface area contributed by atoms with Crippen molar-refractivity contribution < 1.29 is 0 Å². The van der Waals surface area contributed by atoms with Gasteiger partial charge in [-0.05, 0) is 95.7 Å². The maximum absolute atomic E-state index is 12.8. The first kappa shape index (κ1) is 38.3. The van der Waals surface area contributed by atoms with Crippen molar-refractivity contribution in [3.05, 3.63) is 94.3 Å². The van der Waals surface area contributed by atoms with Gasteiger partial charge in [0.1, 0.15) is 11.6 Å². The Labute approximate surface area is 309 Å². The standard InChI is InChI=1S/C20H27N5O.C19H23N7O/c1-7-15(12-22-14(5)21-6)17-11-16-9-10-25(8-2)20(26)18(16)19(24-17)23-13(3)4;1-25-6-4-14(5-7-25)23-17-16-12(3-8-26(2)18(16)27)9-15(24-17)13-10-21-19(20)22-11-13/h7,9-13H,1,8H2,2-6H3,(H,21,22)(H,23,24);3,8-11,14H,4-7H2,1-2H3,(H,23,24)(H2,20,21,22)/b15-12+;. The van der Waals surface area contributed by atoms with Crippen molar-refractivity contribution in [1.29, 1.82) is 0 Å². The largest absolute Gasteiger partial charge is 0.368 e. The summed E-state index contributed by atoms with van der Waals surface area (Å²) in [5, 5.41) is 12.8. The van der Waals surface area contributed by atoms with Gasteiger partial charge in [-0.25, -0.2) is 19.9 Å². The number of fused-ring (bicyclic) bond motifs is 2. The monoisotopic (exact) mass is 718 g/mol. The number of hydrogen-bond acceptors (Lipinski definition) is 11. The van der Waals surface area contributed by atoms with Crippen molar-refractivity contribution in [1.82, 2.24) is 39.3 Å². The molecule has 5 aromatic heterocycles. The third-order valence-electron chi connectivity index (χ3n) is 9.10. The summed E-state index contributed by atoms with van der Waals surface area (Å²) in [6, 6.07) is 8.13. The second-order valence-electron chi connectivity index (χ2n) is 13.4. The van der Waals surface area contributed by atoms with Gasteiger partial charge in [0.15, 0.2) is 0 Å².